The molecule has 0 aliphatic heterocycles. The van der Waals surface area contributed by atoms with Gasteiger partial charge in [0.25, 0.3) is 0 Å². The topological polar surface area (TPSA) is 61.8 Å². The van der Waals surface area contributed by atoms with Gasteiger partial charge in [-0.15, -0.1) is 0 Å². The minimum Gasteiger partial charge on any atom is -0.357 e. The van der Waals surface area contributed by atoms with Crippen LogP contribution in [0.25, 0.3) is 0 Å². The molecule has 0 atom stereocenters. The zero-order valence-corrected chi connectivity index (χ0v) is 17.4. The van der Waals surface area contributed by atoms with E-state index in [1.54, 1.807) is 12.1 Å². The standard InChI is InChI=1S/C21H29N3O2S/c1-5-17-7-9-19(10-8-17)16-24(3)21(22-6-2)23-15-18-11-13-20(14-12-18)27(4,25)26/h7-14H,5-6,15-16H2,1-4H3,(H,22,23). The fourth-order valence-electron chi connectivity index (χ4n) is 2.71. The third-order valence-electron chi connectivity index (χ3n) is 4.31. The molecule has 0 unspecified atom stereocenters. The van der Waals surface area contributed by atoms with Crippen molar-refractivity contribution in [3.05, 3.63) is 65.2 Å². The summed E-state index contributed by atoms with van der Waals surface area (Å²) >= 11 is 0. The molecule has 146 valence electrons. The minimum absolute atomic E-state index is 0.329. The molecule has 2 aromatic carbocycles. The SMILES string of the molecule is CCNC(=NCc1ccc(S(C)(=O)=O)cc1)N(C)Cc1ccc(CC)cc1. The normalized spacial score (nSPS) is 12.1. The lowest BCUT2D eigenvalue weighted by Gasteiger charge is -2.22. The number of nitrogens with one attached hydrogen (secondary N) is 1. The van der Waals surface area contributed by atoms with Gasteiger partial charge in [0.2, 0.25) is 0 Å². The molecule has 0 saturated heterocycles. The molecule has 0 amide bonds. The van der Waals surface area contributed by atoms with Gasteiger partial charge in [-0.2, -0.15) is 0 Å². The Kier molecular flexibility index (Phi) is 7.42. The maximum Gasteiger partial charge on any atom is 0.194 e. The summed E-state index contributed by atoms with van der Waals surface area (Å²) in [6, 6.07) is 15.5. The van der Waals surface area contributed by atoms with Crippen molar-refractivity contribution in [3.63, 3.8) is 0 Å². The number of aryl methyl sites for hydroxylation is 1. The summed E-state index contributed by atoms with van der Waals surface area (Å²) in [5.74, 6) is 0.823. The molecule has 0 radical (unpaired) electrons. The number of hydrogen-bond donors (Lipinski definition) is 1. The fraction of sp³-hybridized carbons (Fsp3) is 0.381. The summed E-state index contributed by atoms with van der Waals surface area (Å²) in [5, 5.41) is 3.31. The molecule has 6 heteroatoms. The highest BCUT2D eigenvalue weighted by Gasteiger charge is 2.08. The van der Waals surface area contributed by atoms with E-state index in [-0.39, 0.29) is 0 Å². The first-order chi connectivity index (χ1) is 12.8. The van der Waals surface area contributed by atoms with Gasteiger partial charge in [-0.3, -0.25) is 0 Å². The Morgan fingerprint density at radius 1 is 0.963 bits per heavy atom. The third kappa shape index (κ3) is 6.40. The van der Waals surface area contributed by atoms with Crippen LogP contribution in [0.1, 0.15) is 30.5 Å². The summed E-state index contributed by atoms with van der Waals surface area (Å²) in [6.45, 7) is 6.24. The van der Waals surface area contributed by atoms with Crippen LogP contribution in [-0.2, 0) is 29.3 Å². The predicted molar refractivity (Wildman–Crippen MR) is 112 cm³/mol. The molecule has 0 saturated carbocycles. The molecular formula is C21H29N3O2S. The summed E-state index contributed by atoms with van der Waals surface area (Å²) in [4.78, 5) is 7.11. The second kappa shape index (κ2) is 9.55. The van der Waals surface area contributed by atoms with E-state index in [1.165, 1.54) is 17.4 Å². The molecule has 0 heterocycles. The molecule has 27 heavy (non-hydrogen) atoms. The van der Waals surface area contributed by atoms with Crippen LogP contribution in [0.15, 0.2) is 58.4 Å². The van der Waals surface area contributed by atoms with Gasteiger partial charge in [-0.25, -0.2) is 13.4 Å². The Morgan fingerprint density at radius 3 is 2.04 bits per heavy atom. The number of hydrogen-bond acceptors (Lipinski definition) is 3. The first kappa shape index (κ1) is 21.0. The Bertz CT molecular complexity index is 857. The first-order valence-electron chi connectivity index (χ1n) is 9.19. The molecule has 0 aromatic heterocycles. The number of aliphatic imine (C=N–C) groups is 1. The van der Waals surface area contributed by atoms with Crippen LogP contribution in [0.3, 0.4) is 0 Å². The van der Waals surface area contributed by atoms with Crippen LogP contribution in [-0.4, -0.2) is 39.1 Å². The number of benzene rings is 2. The van der Waals surface area contributed by atoms with Crippen LogP contribution in [0.2, 0.25) is 0 Å². The zero-order chi connectivity index (χ0) is 19.9. The van der Waals surface area contributed by atoms with E-state index in [9.17, 15) is 8.42 Å². The smallest absolute Gasteiger partial charge is 0.194 e. The number of rotatable bonds is 7. The van der Waals surface area contributed by atoms with Crippen molar-refractivity contribution in [2.45, 2.75) is 38.3 Å². The average Bonchev–Trinajstić information content (AvgIpc) is 2.65. The van der Waals surface area contributed by atoms with E-state index in [0.717, 1.165) is 31.0 Å². The van der Waals surface area contributed by atoms with Crippen molar-refractivity contribution in [2.24, 2.45) is 4.99 Å². The monoisotopic (exact) mass is 387 g/mol. The Hall–Kier alpha value is -2.34. The van der Waals surface area contributed by atoms with E-state index in [4.69, 9.17) is 0 Å². The minimum atomic E-state index is -3.17. The summed E-state index contributed by atoms with van der Waals surface area (Å²) < 4.78 is 23.1. The van der Waals surface area contributed by atoms with Crippen molar-refractivity contribution >= 4 is 15.8 Å². The van der Waals surface area contributed by atoms with Crippen LogP contribution in [0.4, 0.5) is 0 Å². The van der Waals surface area contributed by atoms with Crippen LogP contribution in [0, 0.1) is 0 Å². The highest BCUT2D eigenvalue weighted by atomic mass is 32.2. The Morgan fingerprint density at radius 2 is 1.52 bits per heavy atom. The lowest BCUT2D eigenvalue weighted by Crippen LogP contribution is -2.38. The molecule has 5 nitrogen and oxygen atoms in total. The molecule has 0 aliphatic rings. The Balaban J connectivity index is 2.07. The first-order valence-corrected chi connectivity index (χ1v) is 11.1. The van der Waals surface area contributed by atoms with Gasteiger partial charge in [0.1, 0.15) is 0 Å². The van der Waals surface area contributed by atoms with Gasteiger partial charge in [-0.1, -0.05) is 43.3 Å². The van der Waals surface area contributed by atoms with Crippen molar-refractivity contribution in [1.29, 1.82) is 0 Å². The highest BCUT2D eigenvalue weighted by molar-refractivity contribution is 7.90. The molecule has 0 fully saturated rings. The van der Waals surface area contributed by atoms with E-state index in [2.05, 4.69) is 46.4 Å². The predicted octanol–water partition coefficient (Wildman–Crippen LogP) is 3.25. The lowest BCUT2D eigenvalue weighted by molar-refractivity contribution is 0.476. The van der Waals surface area contributed by atoms with Gasteiger partial charge in [-0.05, 0) is 42.2 Å². The van der Waals surface area contributed by atoms with Gasteiger partial charge >= 0.3 is 0 Å². The van der Waals surface area contributed by atoms with E-state index >= 15 is 0 Å². The summed E-state index contributed by atoms with van der Waals surface area (Å²) in [7, 11) is -1.15. The van der Waals surface area contributed by atoms with E-state index in [1.807, 2.05) is 26.1 Å². The van der Waals surface area contributed by atoms with Crippen molar-refractivity contribution in [3.8, 4) is 0 Å². The second-order valence-electron chi connectivity index (χ2n) is 6.61. The lowest BCUT2D eigenvalue weighted by atomic mass is 10.1. The van der Waals surface area contributed by atoms with Crippen LogP contribution in [0.5, 0.6) is 0 Å². The average molecular weight is 388 g/mol. The van der Waals surface area contributed by atoms with Gasteiger partial charge in [0.05, 0.1) is 11.4 Å². The number of nitrogens with zero attached hydrogens (tertiary/aromatic N) is 2. The molecule has 2 rings (SSSR count). The molecular weight excluding hydrogens is 358 g/mol. The molecule has 0 aliphatic carbocycles. The molecule has 0 spiro atoms. The van der Waals surface area contributed by atoms with Gasteiger partial charge in [0.15, 0.2) is 15.8 Å². The van der Waals surface area contributed by atoms with Crippen molar-refractivity contribution in [2.75, 3.05) is 19.8 Å². The van der Waals surface area contributed by atoms with E-state index < -0.39 is 9.84 Å². The second-order valence-corrected chi connectivity index (χ2v) is 8.63. The quantitative estimate of drug-likeness (QED) is 0.585. The zero-order valence-electron chi connectivity index (χ0n) is 16.6. The van der Waals surface area contributed by atoms with Crippen LogP contribution < -0.4 is 5.32 Å². The summed E-state index contributed by atoms with van der Waals surface area (Å²) in [6.07, 6.45) is 2.25. The maximum atomic E-state index is 11.6. The molecule has 0 bridgehead atoms. The van der Waals surface area contributed by atoms with Gasteiger partial charge in [0, 0.05) is 26.4 Å². The maximum absolute atomic E-state index is 11.6. The summed E-state index contributed by atoms with van der Waals surface area (Å²) in [5.41, 5.74) is 3.54. The fourth-order valence-corrected chi connectivity index (χ4v) is 3.34. The number of guanidine groups is 1. The van der Waals surface area contributed by atoms with Crippen LogP contribution >= 0.6 is 0 Å². The Labute approximate surface area is 163 Å². The third-order valence-corrected chi connectivity index (χ3v) is 5.44. The van der Waals surface area contributed by atoms with Crippen molar-refractivity contribution in [1.82, 2.24) is 10.2 Å². The largest absolute Gasteiger partial charge is 0.357 e. The van der Waals surface area contributed by atoms with Gasteiger partial charge < -0.3 is 10.2 Å². The molecule has 2 aromatic rings. The molecule has 1 N–H and O–H groups in total. The number of sulfone groups is 1. The van der Waals surface area contributed by atoms with E-state index in [0.29, 0.717) is 11.4 Å². The van der Waals surface area contributed by atoms with Crippen molar-refractivity contribution < 1.29 is 8.42 Å². The highest BCUT2D eigenvalue weighted by Crippen LogP contribution is 2.12.